The number of hydrogen-bond acceptors (Lipinski definition) is 7. The molecule has 1 saturated carbocycles. The Kier molecular flexibility index (Phi) is 6.55. The Morgan fingerprint density at radius 3 is 2.10 bits per heavy atom. The van der Waals surface area contributed by atoms with Gasteiger partial charge in [0, 0.05) is 32.1 Å². The zero-order valence-corrected chi connectivity index (χ0v) is 20.0. The van der Waals surface area contributed by atoms with E-state index in [1.54, 1.807) is 6.92 Å². The third-order valence-corrected chi connectivity index (χ3v) is 8.12. The second-order valence-corrected chi connectivity index (χ2v) is 11.1. The van der Waals surface area contributed by atoms with E-state index < -0.39 is 41.1 Å². The third-order valence-electron chi connectivity index (χ3n) is 8.12. The van der Waals surface area contributed by atoms with Crippen LogP contribution in [0.15, 0.2) is 0 Å². The average molecular weight is 441 g/mol. The molecule has 7 nitrogen and oxygen atoms in total. The van der Waals surface area contributed by atoms with Gasteiger partial charge in [0.2, 0.25) is 0 Å². The van der Waals surface area contributed by atoms with Crippen molar-refractivity contribution in [3.05, 3.63) is 0 Å². The fraction of sp³-hybridized carbons (Fsp3) is 0.917. The summed E-state index contributed by atoms with van der Waals surface area (Å²) in [5, 5.41) is 21.9. The summed E-state index contributed by atoms with van der Waals surface area (Å²) in [4.78, 5) is 24.1. The number of carbonyl (C=O) groups excluding carboxylic acids is 2. The highest BCUT2D eigenvalue weighted by Gasteiger charge is 2.65. The maximum absolute atomic E-state index is 12.1. The molecule has 3 fully saturated rings. The predicted octanol–water partition coefficient (Wildman–Crippen LogP) is 2.99. The molecule has 2 saturated heterocycles. The van der Waals surface area contributed by atoms with E-state index in [1.807, 2.05) is 13.8 Å². The van der Waals surface area contributed by atoms with E-state index in [-0.39, 0.29) is 24.2 Å². The van der Waals surface area contributed by atoms with Gasteiger partial charge in [-0.2, -0.15) is 0 Å². The SMILES string of the molecule is CC(=O)O[C@]1(C)CC[C@H](C(C)C)[C@@H]2[C@H]1[C@H]1C[C@](C)(O)[C@@H](O)CC[C@@](C)(OC(C)=O)[C@@H]2O1. The van der Waals surface area contributed by atoms with Gasteiger partial charge < -0.3 is 24.4 Å². The number of carbonyl (C=O) groups is 2. The van der Waals surface area contributed by atoms with Crippen molar-refractivity contribution in [1.29, 1.82) is 0 Å². The van der Waals surface area contributed by atoms with E-state index >= 15 is 0 Å². The summed E-state index contributed by atoms with van der Waals surface area (Å²) >= 11 is 0. The Hall–Kier alpha value is -1.18. The molecule has 178 valence electrons. The molecule has 2 aliphatic heterocycles. The molecule has 3 aliphatic rings. The molecule has 0 spiro atoms. The van der Waals surface area contributed by atoms with E-state index in [4.69, 9.17) is 14.2 Å². The van der Waals surface area contributed by atoms with Crippen LogP contribution in [-0.4, -0.2) is 57.3 Å². The molecule has 7 heteroatoms. The highest BCUT2D eigenvalue weighted by Crippen LogP contribution is 2.58. The van der Waals surface area contributed by atoms with Crippen molar-refractivity contribution in [3.8, 4) is 0 Å². The van der Waals surface area contributed by atoms with E-state index in [1.165, 1.54) is 13.8 Å². The monoisotopic (exact) mass is 440 g/mol. The van der Waals surface area contributed by atoms with Gasteiger partial charge in [-0.25, -0.2) is 0 Å². The Morgan fingerprint density at radius 2 is 1.55 bits per heavy atom. The van der Waals surface area contributed by atoms with Crippen LogP contribution in [-0.2, 0) is 23.8 Å². The van der Waals surface area contributed by atoms with Gasteiger partial charge in [-0.05, 0) is 58.3 Å². The number of aliphatic hydroxyl groups excluding tert-OH is 1. The topological polar surface area (TPSA) is 102 Å². The summed E-state index contributed by atoms with van der Waals surface area (Å²) in [6.07, 6.45) is 0.668. The second-order valence-electron chi connectivity index (χ2n) is 11.1. The highest BCUT2D eigenvalue weighted by molar-refractivity contribution is 5.67. The molecule has 1 aliphatic carbocycles. The van der Waals surface area contributed by atoms with E-state index in [9.17, 15) is 19.8 Å². The number of ether oxygens (including phenoxy) is 3. The molecule has 2 heterocycles. The maximum atomic E-state index is 12.1. The number of esters is 2. The van der Waals surface area contributed by atoms with Gasteiger partial charge in [-0.15, -0.1) is 0 Å². The fourth-order valence-electron chi connectivity index (χ4n) is 6.71. The summed E-state index contributed by atoms with van der Waals surface area (Å²) in [5.74, 6) is -0.241. The van der Waals surface area contributed by atoms with Crippen LogP contribution in [0.1, 0.15) is 80.6 Å². The molecular weight excluding hydrogens is 400 g/mol. The normalized spacial score (nSPS) is 47.7. The van der Waals surface area contributed by atoms with Gasteiger partial charge in [0.25, 0.3) is 0 Å². The maximum Gasteiger partial charge on any atom is 0.303 e. The summed E-state index contributed by atoms with van der Waals surface area (Å²) < 4.78 is 18.4. The molecule has 31 heavy (non-hydrogen) atoms. The lowest BCUT2D eigenvalue weighted by atomic mass is 9.57. The lowest BCUT2D eigenvalue weighted by molar-refractivity contribution is -0.182. The summed E-state index contributed by atoms with van der Waals surface area (Å²) in [6, 6.07) is 0. The van der Waals surface area contributed by atoms with Crippen molar-refractivity contribution >= 4 is 11.9 Å². The summed E-state index contributed by atoms with van der Waals surface area (Å²) in [6.45, 7) is 12.7. The Balaban J connectivity index is 2.15. The molecule has 0 radical (unpaired) electrons. The van der Waals surface area contributed by atoms with Crippen molar-refractivity contribution in [2.24, 2.45) is 23.7 Å². The van der Waals surface area contributed by atoms with Crippen LogP contribution in [0.5, 0.6) is 0 Å². The number of hydrogen-bond donors (Lipinski definition) is 2. The molecule has 0 aromatic rings. The molecular formula is C24H40O7. The van der Waals surface area contributed by atoms with Crippen LogP contribution < -0.4 is 0 Å². The van der Waals surface area contributed by atoms with E-state index in [0.29, 0.717) is 31.1 Å². The van der Waals surface area contributed by atoms with Crippen LogP contribution in [0.25, 0.3) is 0 Å². The zero-order valence-electron chi connectivity index (χ0n) is 20.0. The lowest BCUT2D eigenvalue weighted by Crippen LogP contribution is -2.57. The van der Waals surface area contributed by atoms with Gasteiger partial charge >= 0.3 is 11.9 Å². The molecule has 2 bridgehead atoms. The first-order valence-electron chi connectivity index (χ1n) is 11.7. The Labute approximate surface area is 185 Å². The fourth-order valence-corrected chi connectivity index (χ4v) is 6.71. The summed E-state index contributed by atoms with van der Waals surface area (Å²) in [7, 11) is 0. The van der Waals surface area contributed by atoms with Crippen LogP contribution >= 0.6 is 0 Å². The first-order valence-corrected chi connectivity index (χ1v) is 11.7. The van der Waals surface area contributed by atoms with Crippen molar-refractivity contribution < 1.29 is 34.0 Å². The molecule has 9 atom stereocenters. The van der Waals surface area contributed by atoms with E-state index in [2.05, 4.69) is 13.8 Å². The van der Waals surface area contributed by atoms with Crippen LogP contribution in [0.3, 0.4) is 0 Å². The first kappa shape index (κ1) is 24.5. The minimum Gasteiger partial charge on any atom is -0.459 e. The van der Waals surface area contributed by atoms with Crippen LogP contribution in [0, 0.1) is 23.7 Å². The molecule has 0 amide bonds. The van der Waals surface area contributed by atoms with Crippen LogP contribution in [0.4, 0.5) is 0 Å². The van der Waals surface area contributed by atoms with Gasteiger partial charge in [0.1, 0.15) is 17.3 Å². The van der Waals surface area contributed by atoms with Gasteiger partial charge in [0.15, 0.2) is 0 Å². The van der Waals surface area contributed by atoms with Gasteiger partial charge in [-0.1, -0.05) is 13.8 Å². The van der Waals surface area contributed by atoms with Crippen molar-refractivity contribution in [2.75, 3.05) is 0 Å². The minimum absolute atomic E-state index is 0.00140. The largest absolute Gasteiger partial charge is 0.459 e. The third kappa shape index (κ3) is 4.51. The average Bonchev–Trinajstić information content (AvgIpc) is 2.99. The molecule has 2 N–H and O–H groups in total. The lowest BCUT2D eigenvalue weighted by Gasteiger charge is -2.51. The smallest absolute Gasteiger partial charge is 0.303 e. The minimum atomic E-state index is -1.37. The van der Waals surface area contributed by atoms with Crippen molar-refractivity contribution in [2.45, 2.75) is 116 Å². The quantitative estimate of drug-likeness (QED) is 0.651. The molecule has 0 aromatic heterocycles. The zero-order chi connectivity index (χ0) is 23.4. The van der Waals surface area contributed by atoms with Gasteiger partial charge in [-0.3, -0.25) is 9.59 Å². The molecule has 3 rings (SSSR count). The van der Waals surface area contributed by atoms with Crippen molar-refractivity contribution in [1.82, 2.24) is 0 Å². The Morgan fingerprint density at radius 1 is 1.00 bits per heavy atom. The van der Waals surface area contributed by atoms with Crippen LogP contribution in [0.2, 0.25) is 0 Å². The molecule has 0 unspecified atom stereocenters. The van der Waals surface area contributed by atoms with Crippen molar-refractivity contribution in [3.63, 3.8) is 0 Å². The second kappa shape index (κ2) is 8.31. The standard InChI is InChI=1S/C24H40O7/c1-13(2)16-8-10-23(6,30-14(3)25)20-17-12-22(5,28)18(27)9-11-24(7,31-15(4)26)21(29-17)19(16)20/h13,16-21,27-28H,8-12H2,1-7H3/t16-,17-,18+,19-,20-,21-,22+,23-,24-/m1/s1. The molecule has 0 aromatic carbocycles. The summed E-state index contributed by atoms with van der Waals surface area (Å²) in [5.41, 5.74) is -3.07. The van der Waals surface area contributed by atoms with E-state index in [0.717, 1.165) is 6.42 Å². The first-order chi connectivity index (χ1) is 14.2. The Bertz CT molecular complexity index is 704. The number of aliphatic hydroxyl groups is 2. The van der Waals surface area contributed by atoms with Gasteiger partial charge in [0.05, 0.1) is 17.8 Å². The highest BCUT2D eigenvalue weighted by atomic mass is 16.6. The predicted molar refractivity (Wildman–Crippen MR) is 114 cm³/mol. The number of fused-ring (bicyclic) bond motifs is 5. The number of rotatable bonds is 3.